The van der Waals surface area contributed by atoms with Gasteiger partial charge in [-0.1, -0.05) is 17.7 Å². The predicted molar refractivity (Wildman–Crippen MR) is 72.2 cm³/mol. The highest BCUT2D eigenvalue weighted by atomic mass is 35.5. The van der Waals surface area contributed by atoms with Crippen molar-refractivity contribution in [2.24, 2.45) is 0 Å². The molecule has 0 unspecified atom stereocenters. The fourth-order valence-corrected chi connectivity index (χ4v) is 1.79. The highest BCUT2D eigenvalue weighted by Gasteiger charge is 2.03. The molecule has 0 aliphatic carbocycles. The monoisotopic (exact) mass is 278 g/mol. The third-order valence-corrected chi connectivity index (χ3v) is 2.94. The van der Waals surface area contributed by atoms with E-state index in [4.69, 9.17) is 16.3 Å². The average Bonchev–Trinajstić information content (AvgIpc) is 2.40. The molecule has 0 fully saturated rings. The molecule has 2 rings (SSSR count). The normalized spacial score (nSPS) is 10.3. The van der Waals surface area contributed by atoms with E-state index < -0.39 is 5.82 Å². The Morgan fingerprint density at radius 3 is 2.47 bits per heavy atom. The Bertz CT molecular complexity index is 594. The van der Waals surface area contributed by atoms with Crippen LogP contribution >= 0.6 is 11.6 Å². The quantitative estimate of drug-likeness (QED) is 0.781. The van der Waals surface area contributed by atoms with Crippen LogP contribution in [0.5, 0.6) is 5.75 Å². The fourth-order valence-electron chi connectivity index (χ4n) is 1.58. The highest BCUT2D eigenvalue weighted by molar-refractivity contribution is 6.30. The standard InChI is InChI=1S/C15H12ClFO2/c1-10(18)12-3-5-13(6-4-12)19-9-11-2-7-15(17)14(16)8-11/h2-8H,9H2,1H3. The van der Waals surface area contributed by atoms with Gasteiger partial charge in [-0.2, -0.15) is 0 Å². The van der Waals surface area contributed by atoms with Crippen LogP contribution in [-0.4, -0.2) is 5.78 Å². The summed E-state index contributed by atoms with van der Waals surface area (Å²) in [6, 6.07) is 11.3. The second kappa shape index (κ2) is 5.85. The van der Waals surface area contributed by atoms with E-state index in [1.165, 1.54) is 19.1 Å². The lowest BCUT2D eigenvalue weighted by atomic mass is 10.1. The van der Waals surface area contributed by atoms with Gasteiger partial charge < -0.3 is 4.74 Å². The van der Waals surface area contributed by atoms with Crippen LogP contribution in [0.1, 0.15) is 22.8 Å². The van der Waals surface area contributed by atoms with Crippen molar-refractivity contribution in [1.29, 1.82) is 0 Å². The molecule has 2 nitrogen and oxygen atoms in total. The topological polar surface area (TPSA) is 26.3 Å². The molecule has 0 aliphatic rings. The predicted octanol–water partition coefficient (Wildman–Crippen LogP) is 4.26. The molecule has 2 aromatic carbocycles. The summed E-state index contributed by atoms with van der Waals surface area (Å²) in [5.41, 5.74) is 1.42. The van der Waals surface area contributed by atoms with Crippen LogP contribution in [0.2, 0.25) is 5.02 Å². The number of carbonyl (C=O) groups is 1. The molecule has 0 saturated heterocycles. The number of carbonyl (C=O) groups excluding carboxylic acids is 1. The molecule has 0 aromatic heterocycles. The van der Waals surface area contributed by atoms with Gasteiger partial charge in [0.25, 0.3) is 0 Å². The largest absolute Gasteiger partial charge is 0.489 e. The fraction of sp³-hybridized carbons (Fsp3) is 0.133. The van der Waals surface area contributed by atoms with Gasteiger partial charge in [-0.25, -0.2) is 4.39 Å². The van der Waals surface area contributed by atoms with E-state index in [-0.39, 0.29) is 10.8 Å². The summed E-state index contributed by atoms with van der Waals surface area (Å²) in [6.45, 7) is 1.80. The Hall–Kier alpha value is -1.87. The molecule has 0 N–H and O–H groups in total. The number of Topliss-reactive ketones (excluding diaryl/α,β-unsaturated/α-hetero) is 1. The Balaban J connectivity index is 2.01. The van der Waals surface area contributed by atoms with Crippen LogP contribution in [0.25, 0.3) is 0 Å². The van der Waals surface area contributed by atoms with Crippen LogP contribution in [0.3, 0.4) is 0 Å². The Kier molecular flexibility index (Phi) is 4.17. The Labute approximate surface area is 115 Å². The molecule has 2 aromatic rings. The lowest BCUT2D eigenvalue weighted by Crippen LogP contribution is -1.97. The first-order valence-electron chi connectivity index (χ1n) is 5.74. The van der Waals surface area contributed by atoms with Crippen molar-refractivity contribution in [3.8, 4) is 5.75 Å². The maximum Gasteiger partial charge on any atom is 0.159 e. The van der Waals surface area contributed by atoms with Gasteiger partial charge in [0, 0.05) is 5.56 Å². The number of hydrogen-bond donors (Lipinski definition) is 0. The SMILES string of the molecule is CC(=O)c1ccc(OCc2ccc(F)c(Cl)c2)cc1. The minimum Gasteiger partial charge on any atom is -0.489 e. The highest BCUT2D eigenvalue weighted by Crippen LogP contribution is 2.18. The summed E-state index contributed by atoms with van der Waals surface area (Å²) in [4.78, 5) is 11.1. The molecule has 0 radical (unpaired) electrons. The molecule has 4 heteroatoms. The Morgan fingerprint density at radius 1 is 1.21 bits per heavy atom. The van der Waals surface area contributed by atoms with Gasteiger partial charge in [0.05, 0.1) is 5.02 Å². The van der Waals surface area contributed by atoms with E-state index in [1.807, 2.05) is 0 Å². The molecule has 98 valence electrons. The number of ketones is 1. The van der Waals surface area contributed by atoms with E-state index in [9.17, 15) is 9.18 Å². The lowest BCUT2D eigenvalue weighted by molar-refractivity contribution is 0.101. The van der Waals surface area contributed by atoms with Crippen molar-refractivity contribution in [3.05, 3.63) is 64.4 Å². The van der Waals surface area contributed by atoms with Crippen LogP contribution in [0, 0.1) is 5.82 Å². The summed E-state index contributed by atoms with van der Waals surface area (Å²) in [5.74, 6) is 0.207. The first-order valence-corrected chi connectivity index (χ1v) is 6.12. The van der Waals surface area contributed by atoms with Gasteiger partial charge in [0.15, 0.2) is 5.78 Å². The molecule has 0 aliphatic heterocycles. The van der Waals surface area contributed by atoms with E-state index in [0.29, 0.717) is 17.9 Å². The summed E-state index contributed by atoms with van der Waals surface area (Å²) < 4.78 is 18.5. The van der Waals surface area contributed by atoms with E-state index in [2.05, 4.69) is 0 Å². The molecule has 0 spiro atoms. The second-order valence-electron chi connectivity index (χ2n) is 4.12. The van der Waals surface area contributed by atoms with Gasteiger partial charge in [-0.3, -0.25) is 4.79 Å². The maximum absolute atomic E-state index is 13.0. The van der Waals surface area contributed by atoms with Crippen LogP contribution in [0.4, 0.5) is 4.39 Å². The summed E-state index contributed by atoms with van der Waals surface area (Å²) in [5, 5.41) is 0.0769. The Morgan fingerprint density at radius 2 is 1.89 bits per heavy atom. The average molecular weight is 279 g/mol. The molecule has 0 heterocycles. The van der Waals surface area contributed by atoms with Crippen molar-refractivity contribution >= 4 is 17.4 Å². The van der Waals surface area contributed by atoms with Crippen LogP contribution < -0.4 is 4.74 Å². The molecular weight excluding hydrogens is 267 g/mol. The first kappa shape index (κ1) is 13.6. The van der Waals surface area contributed by atoms with Crippen molar-refractivity contribution in [3.63, 3.8) is 0 Å². The van der Waals surface area contributed by atoms with Gasteiger partial charge in [0.2, 0.25) is 0 Å². The third-order valence-electron chi connectivity index (χ3n) is 2.65. The second-order valence-corrected chi connectivity index (χ2v) is 4.52. The van der Waals surface area contributed by atoms with Crippen LogP contribution in [0.15, 0.2) is 42.5 Å². The van der Waals surface area contributed by atoms with Crippen molar-refractivity contribution in [1.82, 2.24) is 0 Å². The zero-order chi connectivity index (χ0) is 13.8. The zero-order valence-electron chi connectivity index (χ0n) is 10.3. The van der Waals surface area contributed by atoms with E-state index >= 15 is 0 Å². The van der Waals surface area contributed by atoms with Gasteiger partial charge in [-0.05, 0) is 48.9 Å². The minimum atomic E-state index is -0.448. The summed E-state index contributed by atoms with van der Waals surface area (Å²) >= 11 is 5.68. The lowest BCUT2D eigenvalue weighted by Gasteiger charge is -2.07. The van der Waals surface area contributed by atoms with E-state index in [1.54, 1.807) is 30.3 Å². The number of benzene rings is 2. The molecule has 19 heavy (non-hydrogen) atoms. The zero-order valence-corrected chi connectivity index (χ0v) is 11.1. The number of hydrogen-bond acceptors (Lipinski definition) is 2. The molecule has 0 saturated carbocycles. The third kappa shape index (κ3) is 3.55. The number of ether oxygens (including phenoxy) is 1. The van der Waals surface area contributed by atoms with E-state index in [0.717, 1.165) is 5.56 Å². The number of rotatable bonds is 4. The first-order chi connectivity index (χ1) is 9.06. The summed E-state index contributed by atoms with van der Waals surface area (Å²) in [7, 11) is 0. The molecular formula is C15H12ClFO2. The van der Waals surface area contributed by atoms with Crippen LogP contribution in [-0.2, 0) is 6.61 Å². The minimum absolute atomic E-state index is 0.0110. The maximum atomic E-state index is 13.0. The number of halogens is 2. The molecule has 0 bridgehead atoms. The van der Waals surface area contributed by atoms with Crippen molar-refractivity contribution in [2.45, 2.75) is 13.5 Å². The van der Waals surface area contributed by atoms with Crippen molar-refractivity contribution in [2.75, 3.05) is 0 Å². The molecule has 0 atom stereocenters. The molecule has 0 amide bonds. The van der Waals surface area contributed by atoms with Gasteiger partial charge in [0.1, 0.15) is 18.2 Å². The van der Waals surface area contributed by atoms with Gasteiger partial charge in [-0.15, -0.1) is 0 Å². The van der Waals surface area contributed by atoms with Gasteiger partial charge >= 0.3 is 0 Å². The summed E-state index contributed by atoms with van der Waals surface area (Å²) in [6.07, 6.45) is 0. The van der Waals surface area contributed by atoms with Crippen molar-refractivity contribution < 1.29 is 13.9 Å². The smallest absolute Gasteiger partial charge is 0.159 e.